The monoisotopic (exact) mass is 398 g/mol. The molecule has 0 saturated carbocycles. The van der Waals surface area contributed by atoms with E-state index in [4.69, 9.17) is 14.0 Å². The molecule has 1 aliphatic heterocycles. The molecule has 0 atom stereocenters. The Kier molecular flexibility index (Phi) is 6.70. The average Bonchev–Trinajstić information content (AvgIpc) is 2.89. The second-order valence-electron chi connectivity index (χ2n) is 8.73. The number of hydrogen-bond donors (Lipinski definition) is 0. The van der Waals surface area contributed by atoms with Crippen molar-refractivity contribution in [3.05, 3.63) is 48.3 Å². The summed E-state index contributed by atoms with van der Waals surface area (Å²) in [6.45, 7) is 10.7. The highest BCUT2D eigenvalue weighted by molar-refractivity contribution is 6.62. The van der Waals surface area contributed by atoms with Crippen LogP contribution in [0.25, 0.3) is 11.1 Å². The third-order valence-corrected chi connectivity index (χ3v) is 5.96. The van der Waals surface area contributed by atoms with Crippen LogP contribution < -0.4 is 10.2 Å². The first-order valence-electron chi connectivity index (χ1n) is 10.6. The van der Waals surface area contributed by atoms with Gasteiger partial charge in [0.2, 0.25) is 0 Å². The van der Waals surface area contributed by atoms with Gasteiger partial charge in [0.25, 0.3) is 0 Å². The Bertz CT molecular complexity index is 819. The van der Waals surface area contributed by atoms with Crippen LogP contribution in [0.15, 0.2) is 42.5 Å². The van der Waals surface area contributed by atoms with E-state index >= 15 is 4.39 Å². The van der Waals surface area contributed by atoms with E-state index in [9.17, 15) is 0 Å². The standard InChI is InChI=1S/C24H32BFO3/c1-6-7-8-11-16-27-22-13-10-9-12-19(22)18-14-15-20(21(26)17-18)25-28-23(2,3)24(4,5)29-25/h9-10,12-15,17H,6-8,11,16H2,1-5H3. The van der Waals surface area contributed by atoms with Crippen molar-refractivity contribution in [3.63, 3.8) is 0 Å². The van der Waals surface area contributed by atoms with Crippen LogP contribution in [0.5, 0.6) is 5.75 Å². The fraction of sp³-hybridized carbons (Fsp3) is 0.500. The topological polar surface area (TPSA) is 27.7 Å². The molecule has 1 aliphatic rings. The Morgan fingerprint density at radius 3 is 2.28 bits per heavy atom. The summed E-state index contributed by atoms with van der Waals surface area (Å²) in [6, 6.07) is 13.0. The van der Waals surface area contributed by atoms with Crippen molar-refractivity contribution < 1.29 is 18.4 Å². The molecule has 1 heterocycles. The largest absolute Gasteiger partial charge is 0.497 e. The number of unbranched alkanes of at least 4 members (excludes halogenated alkanes) is 3. The van der Waals surface area contributed by atoms with Crippen LogP contribution in [0.3, 0.4) is 0 Å². The quantitative estimate of drug-likeness (QED) is 0.419. The molecule has 1 saturated heterocycles. The van der Waals surface area contributed by atoms with Crippen molar-refractivity contribution in [2.75, 3.05) is 6.61 Å². The van der Waals surface area contributed by atoms with Gasteiger partial charge in [-0.15, -0.1) is 0 Å². The van der Waals surface area contributed by atoms with Crippen LogP contribution in [0.1, 0.15) is 60.3 Å². The number of para-hydroxylation sites is 1. The summed E-state index contributed by atoms with van der Waals surface area (Å²) in [5, 5.41) is 0. The molecule has 1 fully saturated rings. The maximum Gasteiger partial charge on any atom is 0.497 e. The zero-order valence-corrected chi connectivity index (χ0v) is 18.3. The van der Waals surface area contributed by atoms with E-state index in [1.807, 2.05) is 58.0 Å². The van der Waals surface area contributed by atoms with Crippen molar-refractivity contribution in [3.8, 4) is 16.9 Å². The molecule has 0 unspecified atom stereocenters. The van der Waals surface area contributed by atoms with Gasteiger partial charge in [-0.05, 0) is 51.8 Å². The zero-order valence-electron chi connectivity index (χ0n) is 18.3. The Morgan fingerprint density at radius 1 is 0.931 bits per heavy atom. The summed E-state index contributed by atoms with van der Waals surface area (Å²) in [5.74, 6) is 0.450. The second kappa shape index (κ2) is 8.89. The lowest BCUT2D eigenvalue weighted by molar-refractivity contribution is 0.00578. The van der Waals surface area contributed by atoms with Gasteiger partial charge in [-0.1, -0.05) is 56.5 Å². The first-order valence-corrected chi connectivity index (χ1v) is 10.6. The van der Waals surface area contributed by atoms with Gasteiger partial charge in [0.15, 0.2) is 0 Å². The normalized spacial score (nSPS) is 17.5. The van der Waals surface area contributed by atoms with Crippen LogP contribution in [-0.2, 0) is 9.31 Å². The molecular weight excluding hydrogens is 366 g/mol. The number of rotatable bonds is 8. The number of hydrogen-bond acceptors (Lipinski definition) is 3. The van der Waals surface area contributed by atoms with E-state index in [2.05, 4.69) is 6.92 Å². The van der Waals surface area contributed by atoms with Crippen LogP contribution in [0, 0.1) is 5.82 Å². The van der Waals surface area contributed by atoms with Gasteiger partial charge in [0.1, 0.15) is 11.6 Å². The van der Waals surface area contributed by atoms with Crippen molar-refractivity contribution in [2.45, 2.75) is 71.5 Å². The Labute approximate surface area is 174 Å². The van der Waals surface area contributed by atoms with Gasteiger partial charge in [0.05, 0.1) is 17.8 Å². The third kappa shape index (κ3) is 4.84. The molecule has 2 aromatic rings. The first kappa shape index (κ1) is 21.9. The zero-order chi connectivity index (χ0) is 21.1. The highest BCUT2D eigenvalue weighted by atomic mass is 19.1. The van der Waals surface area contributed by atoms with Crippen molar-refractivity contribution in [2.24, 2.45) is 0 Å². The van der Waals surface area contributed by atoms with E-state index in [0.29, 0.717) is 12.1 Å². The minimum atomic E-state index is -0.709. The van der Waals surface area contributed by atoms with Gasteiger partial charge in [-0.25, -0.2) is 4.39 Å². The first-order chi connectivity index (χ1) is 13.7. The van der Waals surface area contributed by atoms with Gasteiger partial charge in [0, 0.05) is 11.0 Å². The molecule has 3 nitrogen and oxygen atoms in total. The van der Waals surface area contributed by atoms with Gasteiger partial charge in [-0.2, -0.15) is 0 Å². The molecular formula is C24H32BFO3. The fourth-order valence-electron chi connectivity index (χ4n) is 3.40. The van der Waals surface area contributed by atoms with Crippen molar-refractivity contribution in [1.82, 2.24) is 0 Å². The smallest absolute Gasteiger partial charge is 0.493 e. The van der Waals surface area contributed by atoms with Crippen LogP contribution in [0.2, 0.25) is 0 Å². The minimum absolute atomic E-state index is 0.334. The molecule has 29 heavy (non-hydrogen) atoms. The lowest BCUT2D eigenvalue weighted by atomic mass is 9.78. The Hall–Kier alpha value is -1.85. The molecule has 156 valence electrons. The highest BCUT2D eigenvalue weighted by Gasteiger charge is 2.52. The van der Waals surface area contributed by atoms with Crippen molar-refractivity contribution >= 4 is 12.6 Å². The third-order valence-electron chi connectivity index (χ3n) is 5.96. The molecule has 0 bridgehead atoms. The van der Waals surface area contributed by atoms with Crippen molar-refractivity contribution in [1.29, 1.82) is 0 Å². The van der Waals surface area contributed by atoms with Crippen LogP contribution in [0.4, 0.5) is 4.39 Å². The van der Waals surface area contributed by atoms with Crippen LogP contribution in [-0.4, -0.2) is 24.9 Å². The lowest BCUT2D eigenvalue weighted by Gasteiger charge is -2.32. The molecule has 0 aliphatic carbocycles. The lowest BCUT2D eigenvalue weighted by Crippen LogP contribution is -2.41. The average molecular weight is 398 g/mol. The van der Waals surface area contributed by atoms with Gasteiger partial charge >= 0.3 is 7.12 Å². The minimum Gasteiger partial charge on any atom is -0.493 e. The van der Waals surface area contributed by atoms with Crippen LogP contribution >= 0.6 is 0 Å². The summed E-state index contributed by atoms with van der Waals surface area (Å²) >= 11 is 0. The summed E-state index contributed by atoms with van der Waals surface area (Å²) in [4.78, 5) is 0. The number of ether oxygens (including phenoxy) is 1. The summed E-state index contributed by atoms with van der Waals surface area (Å²) in [5.41, 5.74) is 1.10. The summed E-state index contributed by atoms with van der Waals surface area (Å²) < 4.78 is 33.0. The predicted molar refractivity (Wildman–Crippen MR) is 117 cm³/mol. The van der Waals surface area contributed by atoms with Gasteiger partial charge < -0.3 is 14.0 Å². The van der Waals surface area contributed by atoms with E-state index in [0.717, 1.165) is 29.7 Å². The maximum absolute atomic E-state index is 15.0. The summed E-state index contributed by atoms with van der Waals surface area (Å²) in [6.07, 6.45) is 4.61. The van der Waals surface area contributed by atoms with E-state index < -0.39 is 18.3 Å². The van der Waals surface area contributed by atoms with E-state index in [-0.39, 0.29) is 5.82 Å². The molecule has 0 N–H and O–H groups in total. The maximum atomic E-state index is 15.0. The Morgan fingerprint density at radius 2 is 1.62 bits per heavy atom. The summed E-state index contributed by atoms with van der Waals surface area (Å²) in [7, 11) is -0.709. The SMILES string of the molecule is CCCCCCOc1ccccc1-c1ccc(B2OC(C)(C)C(C)(C)O2)c(F)c1. The molecule has 5 heteroatoms. The van der Waals surface area contributed by atoms with Gasteiger partial charge in [-0.3, -0.25) is 0 Å². The predicted octanol–water partition coefficient (Wildman–Crippen LogP) is 5.75. The molecule has 0 spiro atoms. The van der Waals surface area contributed by atoms with E-state index in [1.54, 1.807) is 12.1 Å². The second-order valence-corrected chi connectivity index (χ2v) is 8.73. The Balaban J connectivity index is 1.77. The molecule has 3 rings (SSSR count). The fourth-order valence-corrected chi connectivity index (χ4v) is 3.40. The highest BCUT2D eigenvalue weighted by Crippen LogP contribution is 2.37. The number of benzene rings is 2. The molecule has 0 radical (unpaired) electrons. The molecule has 0 amide bonds. The molecule has 0 aromatic heterocycles. The molecule has 2 aromatic carbocycles. The number of halogens is 1. The van der Waals surface area contributed by atoms with E-state index in [1.165, 1.54) is 12.8 Å².